The van der Waals surface area contributed by atoms with Crippen LogP contribution in [0.15, 0.2) is 43.0 Å². The van der Waals surface area contributed by atoms with Gasteiger partial charge in [0, 0.05) is 55.2 Å². The first-order valence-corrected chi connectivity index (χ1v) is 8.53. The summed E-state index contributed by atoms with van der Waals surface area (Å²) in [7, 11) is 0. The van der Waals surface area contributed by atoms with Crippen LogP contribution in [-0.2, 0) is 4.79 Å². The molecule has 1 aliphatic heterocycles. The van der Waals surface area contributed by atoms with Crippen molar-refractivity contribution in [3.63, 3.8) is 0 Å². The van der Waals surface area contributed by atoms with Crippen molar-refractivity contribution in [3.8, 4) is 5.69 Å². The number of amides is 2. The molecule has 1 saturated heterocycles. The molecule has 0 aliphatic carbocycles. The van der Waals surface area contributed by atoms with E-state index in [1.807, 2.05) is 65.6 Å². The van der Waals surface area contributed by atoms with Gasteiger partial charge in [-0.05, 0) is 24.3 Å². The van der Waals surface area contributed by atoms with Crippen LogP contribution in [0, 0.1) is 5.41 Å². The number of carbonyl (C=O) groups excluding carboxylic acids is 2. The van der Waals surface area contributed by atoms with E-state index in [0.717, 1.165) is 5.69 Å². The molecule has 0 unspecified atom stereocenters. The maximum atomic E-state index is 12.7. The topological polar surface area (TPSA) is 58.4 Å². The van der Waals surface area contributed by atoms with Gasteiger partial charge in [-0.1, -0.05) is 20.8 Å². The van der Waals surface area contributed by atoms with E-state index >= 15 is 0 Å². The molecule has 1 aliphatic rings. The van der Waals surface area contributed by atoms with Gasteiger partial charge in [-0.2, -0.15) is 0 Å². The molecule has 3 rings (SSSR count). The molecule has 0 saturated carbocycles. The molecule has 132 valence electrons. The van der Waals surface area contributed by atoms with Crippen molar-refractivity contribution in [2.45, 2.75) is 20.8 Å². The molecule has 2 amide bonds. The highest BCUT2D eigenvalue weighted by atomic mass is 16.2. The molecule has 1 aromatic carbocycles. The molecule has 6 nitrogen and oxygen atoms in total. The maximum absolute atomic E-state index is 12.7. The lowest BCUT2D eigenvalue weighted by atomic mass is 9.94. The zero-order valence-electron chi connectivity index (χ0n) is 15.0. The van der Waals surface area contributed by atoms with E-state index in [1.165, 1.54) is 0 Å². The molecule has 0 spiro atoms. The molecule has 2 heterocycles. The number of rotatable bonds is 2. The fraction of sp³-hybridized carbons (Fsp3) is 0.421. The van der Waals surface area contributed by atoms with Gasteiger partial charge in [0.2, 0.25) is 5.91 Å². The summed E-state index contributed by atoms with van der Waals surface area (Å²) < 4.78 is 1.89. The summed E-state index contributed by atoms with van der Waals surface area (Å²) in [6.45, 7) is 8.11. The Balaban J connectivity index is 1.62. The van der Waals surface area contributed by atoms with Crippen LogP contribution in [0.25, 0.3) is 5.69 Å². The van der Waals surface area contributed by atoms with Crippen LogP contribution in [0.3, 0.4) is 0 Å². The molecule has 0 radical (unpaired) electrons. The van der Waals surface area contributed by atoms with Crippen LogP contribution in [0.4, 0.5) is 0 Å². The first-order valence-electron chi connectivity index (χ1n) is 8.53. The van der Waals surface area contributed by atoms with Crippen LogP contribution in [0.2, 0.25) is 0 Å². The highest BCUT2D eigenvalue weighted by Gasteiger charge is 2.31. The second-order valence-electron chi connectivity index (χ2n) is 7.35. The Morgan fingerprint density at radius 2 is 1.56 bits per heavy atom. The van der Waals surface area contributed by atoms with Crippen molar-refractivity contribution >= 4 is 11.8 Å². The normalized spacial score (nSPS) is 15.3. The standard InChI is InChI=1S/C19H24N4O2/c1-19(2,3)18(25)22-12-10-21(11-13-22)17(24)15-4-6-16(7-5-15)23-9-8-20-14-23/h4-9,14H,10-13H2,1-3H3. The third-order valence-corrected chi connectivity index (χ3v) is 4.41. The molecule has 2 aromatic rings. The lowest BCUT2D eigenvalue weighted by Gasteiger charge is -2.37. The predicted molar refractivity (Wildman–Crippen MR) is 95.5 cm³/mol. The van der Waals surface area contributed by atoms with Crippen molar-refractivity contribution in [2.75, 3.05) is 26.2 Å². The average molecular weight is 340 g/mol. The van der Waals surface area contributed by atoms with Gasteiger partial charge >= 0.3 is 0 Å². The fourth-order valence-electron chi connectivity index (χ4n) is 2.96. The van der Waals surface area contributed by atoms with Crippen molar-refractivity contribution in [2.24, 2.45) is 5.41 Å². The summed E-state index contributed by atoms with van der Waals surface area (Å²) >= 11 is 0. The Bertz CT molecular complexity index is 737. The van der Waals surface area contributed by atoms with Gasteiger partial charge in [0.1, 0.15) is 0 Å². The Labute approximate surface area is 148 Å². The largest absolute Gasteiger partial charge is 0.339 e. The van der Waals surface area contributed by atoms with Gasteiger partial charge in [-0.15, -0.1) is 0 Å². The molecule has 0 bridgehead atoms. The smallest absolute Gasteiger partial charge is 0.253 e. The molecule has 25 heavy (non-hydrogen) atoms. The van der Waals surface area contributed by atoms with Gasteiger partial charge in [0.05, 0.1) is 6.33 Å². The molecule has 6 heteroatoms. The third-order valence-electron chi connectivity index (χ3n) is 4.41. The molecule has 0 N–H and O–H groups in total. The van der Waals surface area contributed by atoms with E-state index in [4.69, 9.17) is 0 Å². The summed E-state index contributed by atoms with van der Waals surface area (Å²) in [5.74, 6) is 0.157. The van der Waals surface area contributed by atoms with E-state index in [9.17, 15) is 9.59 Å². The van der Waals surface area contributed by atoms with Crippen LogP contribution in [-0.4, -0.2) is 57.3 Å². The monoisotopic (exact) mass is 340 g/mol. The minimum atomic E-state index is -0.380. The second kappa shape index (κ2) is 6.70. The number of benzene rings is 1. The Morgan fingerprint density at radius 3 is 2.08 bits per heavy atom. The van der Waals surface area contributed by atoms with Gasteiger partial charge < -0.3 is 14.4 Å². The van der Waals surface area contributed by atoms with E-state index < -0.39 is 0 Å². The summed E-state index contributed by atoms with van der Waals surface area (Å²) in [5, 5.41) is 0. The Morgan fingerprint density at radius 1 is 0.960 bits per heavy atom. The number of imidazole rings is 1. The Kier molecular flexibility index (Phi) is 4.61. The highest BCUT2D eigenvalue weighted by molar-refractivity contribution is 5.94. The minimum absolute atomic E-state index is 0.0139. The van der Waals surface area contributed by atoms with Gasteiger partial charge in [0.15, 0.2) is 0 Å². The quantitative estimate of drug-likeness (QED) is 0.842. The SMILES string of the molecule is CC(C)(C)C(=O)N1CCN(C(=O)c2ccc(-n3ccnc3)cc2)CC1. The number of hydrogen-bond acceptors (Lipinski definition) is 3. The maximum Gasteiger partial charge on any atom is 0.253 e. The summed E-state index contributed by atoms with van der Waals surface area (Å²) in [5.41, 5.74) is 1.25. The third kappa shape index (κ3) is 3.73. The summed E-state index contributed by atoms with van der Waals surface area (Å²) in [6.07, 6.45) is 5.31. The number of hydrogen-bond donors (Lipinski definition) is 0. The summed E-state index contributed by atoms with van der Waals surface area (Å²) in [6, 6.07) is 7.50. The van der Waals surface area contributed by atoms with Gasteiger partial charge in [0.25, 0.3) is 5.91 Å². The molecule has 1 fully saturated rings. The van der Waals surface area contributed by atoms with Crippen molar-refractivity contribution in [1.29, 1.82) is 0 Å². The van der Waals surface area contributed by atoms with E-state index in [1.54, 1.807) is 12.5 Å². The van der Waals surface area contributed by atoms with Gasteiger partial charge in [-0.3, -0.25) is 9.59 Å². The lowest BCUT2D eigenvalue weighted by Crippen LogP contribution is -2.53. The molecule has 1 aromatic heterocycles. The van der Waals surface area contributed by atoms with Crippen molar-refractivity contribution in [1.82, 2.24) is 19.4 Å². The highest BCUT2D eigenvalue weighted by Crippen LogP contribution is 2.19. The molecular weight excluding hydrogens is 316 g/mol. The summed E-state index contributed by atoms with van der Waals surface area (Å²) in [4.78, 5) is 32.7. The fourth-order valence-corrected chi connectivity index (χ4v) is 2.96. The number of aromatic nitrogens is 2. The Hall–Kier alpha value is -2.63. The molecular formula is C19H24N4O2. The van der Waals surface area contributed by atoms with Crippen LogP contribution < -0.4 is 0 Å². The first kappa shape index (κ1) is 17.2. The van der Waals surface area contributed by atoms with Crippen LogP contribution >= 0.6 is 0 Å². The predicted octanol–water partition coefficient (Wildman–Crippen LogP) is 2.20. The number of carbonyl (C=O) groups is 2. The average Bonchev–Trinajstić information content (AvgIpc) is 3.14. The second-order valence-corrected chi connectivity index (χ2v) is 7.35. The zero-order valence-corrected chi connectivity index (χ0v) is 15.0. The first-order chi connectivity index (χ1) is 11.9. The number of nitrogens with zero attached hydrogens (tertiary/aromatic N) is 4. The van der Waals surface area contributed by atoms with E-state index in [2.05, 4.69) is 4.98 Å². The molecule has 0 atom stereocenters. The van der Waals surface area contributed by atoms with Crippen molar-refractivity contribution < 1.29 is 9.59 Å². The van der Waals surface area contributed by atoms with Crippen molar-refractivity contribution in [3.05, 3.63) is 48.5 Å². The van der Waals surface area contributed by atoms with Crippen LogP contribution in [0.5, 0.6) is 0 Å². The van der Waals surface area contributed by atoms with E-state index in [0.29, 0.717) is 31.7 Å². The lowest BCUT2D eigenvalue weighted by molar-refractivity contribution is -0.140. The number of piperazine rings is 1. The van der Waals surface area contributed by atoms with E-state index in [-0.39, 0.29) is 17.2 Å². The van der Waals surface area contributed by atoms with Gasteiger partial charge in [-0.25, -0.2) is 4.98 Å². The zero-order chi connectivity index (χ0) is 18.0. The minimum Gasteiger partial charge on any atom is -0.339 e. The van der Waals surface area contributed by atoms with Crippen LogP contribution in [0.1, 0.15) is 31.1 Å².